The van der Waals surface area contributed by atoms with Crippen LogP contribution in [-0.4, -0.2) is 48.9 Å². The van der Waals surface area contributed by atoms with Crippen molar-refractivity contribution >= 4 is 16.4 Å². The van der Waals surface area contributed by atoms with E-state index < -0.39 is 21.4 Å². The number of benzene rings is 1. The van der Waals surface area contributed by atoms with Crippen molar-refractivity contribution in [3.63, 3.8) is 0 Å². The van der Waals surface area contributed by atoms with Crippen LogP contribution in [-0.2, 0) is 19.7 Å². The van der Waals surface area contributed by atoms with Crippen molar-refractivity contribution in [1.82, 2.24) is 9.37 Å². The van der Waals surface area contributed by atoms with Crippen LogP contribution in [0.5, 0.6) is 0 Å². The highest BCUT2D eigenvalue weighted by Gasteiger charge is 2.33. The molecule has 1 saturated heterocycles. The number of hydrogen-bond acceptors (Lipinski definition) is 4. The predicted molar refractivity (Wildman–Crippen MR) is 86.9 cm³/mol. The summed E-state index contributed by atoms with van der Waals surface area (Å²) >= 11 is 0. The number of sulfonamides is 1. The average molecular weight is 358 g/mol. The summed E-state index contributed by atoms with van der Waals surface area (Å²) in [6, 6.07) is 4.62. The molecule has 1 aliphatic heterocycles. The summed E-state index contributed by atoms with van der Waals surface area (Å²) in [5, 5.41) is 1.28. The van der Waals surface area contributed by atoms with E-state index in [1.807, 2.05) is 20.8 Å². The minimum absolute atomic E-state index is 0.0699. The molecule has 0 spiro atoms. The Morgan fingerprint density at radius 1 is 1.21 bits per heavy atom. The summed E-state index contributed by atoms with van der Waals surface area (Å²) < 4.78 is 39.5. The van der Waals surface area contributed by atoms with Gasteiger partial charge in [0.25, 0.3) is 0 Å². The van der Waals surface area contributed by atoms with Gasteiger partial charge in [-0.15, -0.1) is 0 Å². The third-order valence-electron chi connectivity index (χ3n) is 3.72. The first-order chi connectivity index (χ1) is 11.1. The lowest BCUT2D eigenvalue weighted by Gasteiger charge is -2.37. The predicted octanol–water partition coefficient (Wildman–Crippen LogP) is 2.17. The highest BCUT2D eigenvalue weighted by Crippen LogP contribution is 2.24. The first-order valence-corrected chi connectivity index (χ1v) is 9.26. The van der Waals surface area contributed by atoms with Gasteiger partial charge in [-0.25, -0.2) is 17.9 Å². The van der Waals surface area contributed by atoms with Crippen LogP contribution in [0.15, 0.2) is 29.2 Å². The first-order valence-electron chi connectivity index (χ1n) is 7.82. The van der Waals surface area contributed by atoms with Gasteiger partial charge in [-0.2, -0.15) is 4.31 Å². The monoisotopic (exact) mass is 358 g/mol. The zero-order chi connectivity index (χ0) is 18.0. The van der Waals surface area contributed by atoms with E-state index in [9.17, 15) is 17.6 Å². The van der Waals surface area contributed by atoms with Gasteiger partial charge in [-0.1, -0.05) is 0 Å². The summed E-state index contributed by atoms with van der Waals surface area (Å²) in [6.45, 7) is 6.09. The van der Waals surface area contributed by atoms with Gasteiger partial charge < -0.3 is 0 Å². The molecule has 0 radical (unpaired) electrons. The van der Waals surface area contributed by atoms with Crippen molar-refractivity contribution in [2.45, 2.75) is 50.2 Å². The second-order valence-electron chi connectivity index (χ2n) is 6.76. The molecule has 1 fully saturated rings. The molecule has 0 aliphatic carbocycles. The number of carbonyl (C=O) groups excluding carboxylic acids is 1. The van der Waals surface area contributed by atoms with E-state index in [0.29, 0.717) is 19.3 Å². The first kappa shape index (κ1) is 18.8. The maximum absolute atomic E-state index is 13.0. The normalized spacial score (nSPS) is 17.7. The Labute approximate surface area is 142 Å². The quantitative estimate of drug-likeness (QED) is 0.598. The molecule has 1 aliphatic rings. The van der Waals surface area contributed by atoms with Gasteiger partial charge in [0, 0.05) is 13.1 Å². The fourth-order valence-electron chi connectivity index (χ4n) is 2.59. The van der Waals surface area contributed by atoms with Gasteiger partial charge in [0.15, 0.2) is 0 Å². The molecule has 24 heavy (non-hydrogen) atoms. The minimum Gasteiger partial charge on any atom is -0.276 e. The van der Waals surface area contributed by atoms with Crippen LogP contribution >= 0.6 is 0 Å². The van der Waals surface area contributed by atoms with Gasteiger partial charge in [0.2, 0.25) is 16.4 Å². The Kier molecular flexibility index (Phi) is 5.62. The summed E-state index contributed by atoms with van der Waals surface area (Å²) in [7, 11) is -3.65. The number of piperidine rings is 1. The molecule has 1 aromatic rings. The summed E-state index contributed by atoms with van der Waals surface area (Å²) in [4.78, 5) is 16.9. The Morgan fingerprint density at radius 2 is 1.75 bits per heavy atom. The topological polar surface area (TPSA) is 66.9 Å². The van der Waals surface area contributed by atoms with Crippen molar-refractivity contribution in [2.24, 2.45) is 0 Å². The van der Waals surface area contributed by atoms with Gasteiger partial charge in [-0.05, 0) is 57.9 Å². The van der Waals surface area contributed by atoms with Crippen LogP contribution in [0.3, 0.4) is 0 Å². The number of halogens is 1. The van der Waals surface area contributed by atoms with Crippen LogP contribution in [0.2, 0.25) is 0 Å². The Bertz CT molecular complexity index is 662. The molecule has 0 unspecified atom stereocenters. The van der Waals surface area contributed by atoms with Gasteiger partial charge in [0.1, 0.15) is 5.82 Å². The number of hydrogen-bond donors (Lipinski definition) is 0. The van der Waals surface area contributed by atoms with Gasteiger partial charge in [-0.3, -0.25) is 9.63 Å². The Hall–Kier alpha value is -1.51. The zero-order valence-electron chi connectivity index (χ0n) is 14.1. The van der Waals surface area contributed by atoms with E-state index >= 15 is 0 Å². The highest BCUT2D eigenvalue weighted by atomic mass is 32.2. The largest absolute Gasteiger partial charge is 0.276 e. The fourth-order valence-corrected chi connectivity index (χ4v) is 4.06. The van der Waals surface area contributed by atoms with Crippen molar-refractivity contribution in [1.29, 1.82) is 0 Å². The summed E-state index contributed by atoms with van der Waals surface area (Å²) in [5.74, 6) is -0.478. The molecule has 2 rings (SSSR count). The van der Waals surface area contributed by atoms with Crippen LogP contribution < -0.4 is 0 Å². The number of amides is 1. The van der Waals surface area contributed by atoms with E-state index in [2.05, 4.69) is 0 Å². The van der Waals surface area contributed by atoms with Gasteiger partial charge >= 0.3 is 0 Å². The van der Waals surface area contributed by atoms with Crippen molar-refractivity contribution in [3.8, 4) is 0 Å². The van der Waals surface area contributed by atoms with E-state index in [1.165, 1.54) is 21.5 Å². The van der Waals surface area contributed by atoms with Crippen LogP contribution in [0.25, 0.3) is 0 Å². The number of carbonyl (C=O) groups is 1. The molecule has 6 nitrogen and oxygen atoms in total. The van der Waals surface area contributed by atoms with Crippen LogP contribution in [0.4, 0.5) is 4.39 Å². The molecule has 1 aromatic carbocycles. The molecular weight excluding hydrogens is 335 g/mol. The molecule has 0 N–H and O–H groups in total. The van der Waals surface area contributed by atoms with Crippen LogP contribution in [0, 0.1) is 5.82 Å². The number of nitrogens with zero attached hydrogens (tertiary/aromatic N) is 2. The van der Waals surface area contributed by atoms with E-state index in [1.54, 1.807) is 0 Å². The molecule has 134 valence electrons. The maximum Gasteiger partial charge on any atom is 0.243 e. The van der Waals surface area contributed by atoms with E-state index in [4.69, 9.17) is 4.84 Å². The zero-order valence-corrected chi connectivity index (χ0v) is 14.9. The molecule has 1 heterocycles. The van der Waals surface area contributed by atoms with Crippen molar-refractivity contribution in [2.75, 3.05) is 13.1 Å². The lowest BCUT2D eigenvalue weighted by molar-refractivity contribution is -0.235. The lowest BCUT2D eigenvalue weighted by atomic mass is 10.1. The summed E-state index contributed by atoms with van der Waals surface area (Å²) in [5.41, 5.74) is -0.502. The standard InChI is InChI=1S/C16H23FN2O4S/c1-16(2,3)23-19(12-20)14-8-10-18(11-9-14)24(21,22)15-6-4-13(17)5-7-15/h4-7,12,14H,8-11H2,1-3H3. The van der Waals surface area contributed by atoms with Crippen molar-refractivity contribution < 1.29 is 22.4 Å². The van der Waals surface area contributed by atoms with E-state index in [-0.39, 0.29) is 24.0 Å². The maximum atomic E-state index is 13.0. The molecule has 0 saturated carbocycles. The Morgan fingerprint density at radius 3 is 2.21 bits per heavy atom. The molecule has 0 bridgehead atoms. The number of rotatable bonds is 5. The molecular formula is C16H23FN2O4S. The van der Waals surface area contributed by atoms with Crippen LogP contribution in [0.1, 0.15) is 33.6 Å². The third-order valence-corrected chi connectivity index (χ3v) is 5.63. The van der Waals surface area contributed by atoms with Crippen molar-refractivity contribution in [3.05, 3.63) is 30.1 Å². The fraction of sp³-hybridized carbons (Fsp3) is 0.562. The second-order valence-corrected chi connectivity index (χ2v) is 8.70. The Balaban J connectivity index is 2.03. The SMILES string of the molecule is CC(C)(C)ON(C=O)C1CCN(S(=O)(=O)c2ccc(F)cc2)CC1. The average Bonchev–Trinajstić information content (AvgIpc) is 2.52. The molecule has 8 heteroatoms. The number of hydroxylamine groups is 2. The smallest absolute Gasteiger partial charge is 0.243 e. The van der Waals surface area contributed by atoms with E-state index in [0.717, 1.165) is 12.1 Å². The molecule has 1 amide bonds. The minimum atomic E-state index is -3.65. The molecule has 0 atom stereocenters. The van der Waals surface area contributed by atoms with Gasteiger partial charge in [0.05, 0.1) is 16.5 Å². The highest BCUT2D eigenvalue weighted by molar-refractivity contribution is 7.89. The molecule has 0 aromatic heterocycles. The lowest BCUT2D eigenvalue weighted by Crippen LogP contribution is -2.48. The second kappa shape index (κ2) is 7.16. The third kappa shape index (κ3) is 4.52. The summed E-state index contributed by atoms with van der Waals surface area (Å²) in [6.07, 6.45) is 1.60.